The van der Waals surface area contributed by atoms with Gasteiger partial charge in [-0.05, 0) is 51.3 Å². The average molecular weight is 299 g/mol. The topological polar surface area (TPSA) is 52.5 Å². The predicted octanol–water partition coefficient (Wildman–Crippen LogP) is 4.02. The van der Waals surface area contributed by atoms with Crippen molar-refractivity contribution >= 4 is 12.0 Å². The summed E-state index contributed by atoms with van der Waals surface area (Å²) in [5, 5.41) is 13.7. The van der Waals surface area contributed by atoms with Crippen LogP contribution in [0.25, 0.3) is 0 Å². The smallest absolute Gasteiger partial charge is 0.0966 e. The standard InChI is InChI=1S/C14H23NO2S.C2H6/c1-11-5-7-12(8-6-11)13(16)14(2,3)15-9-4-10-18-17;1-2/h5-8,13,15-17H,4,9-10H2,1-3H3;1-2H3. The number of aryl methyl sites for hydroxylation is 1. The molecule has 0 amide bonds. The van der Waals surface area contributed by atoms with Crippen LogP contribution < -0.4 is 5.32 Å². The van der Waals surface area contributed by atoms with Crippen LogP contribution in [-0.2, 0) is 0 Å². The highest BCUT2D eigenvalue weighted by Crippen LogP contribution is 2.25. The van der Waals surface area contributed by atoms with E-state index in [9.17, 15) is 5.11 Å². The maximum absolute atomic E-state index is 10.4. The molecule has 0 saturated heterocycles. The number of hydrogen-bond acceptors (Lipinski definition) is 4. The first-order valence-corrected chi connectivity index (χ1v) is 8.17. The van der Waals surface area contributed by atoms with Gasteiger partial charge in [-0.25, -0.2) is 0 Å². The van der Waals surface area contributed by atoms with Crippen molar-refractivity contribution in [1.82, 2.24) is 5.32 Å². The largest absolute Gasteiger partial charge is 0.387 e. The minimum atomic E-state index is -0.542. The Morgan fingerprint density at radius 2 is 1.75 bits per heavy atom. The third kappa shape index (κ3) is 6.75. The fourth-order valence-corrected chi connectivity index (χ4v) is 2.08. The van der Waals surface area contributed by atoms with E-state index >= 15 is 0 Å². The summed E-state index contributed by atoms with van der Waals surface area (Å²) >= 11 is 0.856. The molecule has 1 aromatic rings. The summed E-state index contributed by atoms with van der Waals surface area (Å²) in [5.41, 5.74) is 1.74. The summed E-state index contributed by atoms with van der Waals surface area (Å²) in [6.45, 7) is 10.8. The molecule has 0 aliphatic heterocycles. The van der Waals surface area contributed by atoms with Gasteiger partial charge in [0.15, 0.2) is 0 Å². The second kappa shape index (κ2) is 10.2. The van der Waals surface area contributed by atoms with E-state index in [1.807, 2.05) is 58.9 Å². The quantitative estimate of drug-likeness (QED) is 0.526. The van der Waals surface area contributed by atoms with E-state index < -0.39 is 6.10 Å². The molecule has 0 aliphatic rings. The number of aliphatic hydroxyl groups excluding tert-OH is 1. The first-order chi connectivity index (χ1) is 9.47. The Morgan fingerprint density at radius 3 is 2.25 bits per heavy atom. The molecule has 0 fully saturated rings. The zero-order valence-corrected chi connectivity index (χ0v) is 14.1. The Morgan fingerprint density at radius 1 is 1.20 bits per heavy atom. The monoisotopic (exact) mass is 299 g/mol. The van der Waals surface area contributed by atoms with Gasteiger partial charge in [-0.15, -0.1) is 0 Å². The maximum Gasteiger partial charge on any atom is 0.0966 e. The number of benzene rings is 1. The molecule has 1 aromatic carbocycles. The number of rotatable bonds is 7. The first-order valence-electron chi connectivity index (χ1n) is 7.23. The molecule has 116 valence electrons. The molecule has 20 heavy (non-hydrogen) atoms. The molecule has 4 heteroatoms. The maximum atomic E-state index is 10.4. The van der Waals surface area contributed by atoms with E-state index in [1.54, 1.807) is 0 Å². The normalized spacial score (nSPS) is 12.6. The van der Waals surface area contributed by atoms with Crippen LogP contribution in [-0.4, -0.2) is 27.5 Å². The van der Waals surface area contributed by atoms with Gasteiger partial charge in [0.05, 0.1) is 6.10 Å². The van der Waals surface area contributed by atoms with Gasteiger partial charge >= 0.3 is 0 Å². The number of hydrogen-bond donors (Lipinski definition) is 3. The molecule has 0 aliphatic carbocycles. The highest BCUT2D eigenvalue weighted by atomic mass is 32.2. The van der Waals surface area contributed by atoms with Crippen LogP contribution in [0.15, 0.2) is 24.3 Å². The van der Waals surface area contributed by atoms with Crippen molar-refractivity contribution in [3.8, 4) is 0 Å². The third-order valence-corrected chi connectivity index (χ3v) is 3.54. The minimum absolute atomic E-state index is 0.380. The van der Waals surface area contributed by atoms with Crippen molar-refractivity contribution in [3.05, 3.63) is 35.4 Å². The van der Waals surface area contributed by atoms with Crippen LogP contribution in [0.4, 0.5) is 0 Å². The van der Waals surface area contributed by atoms with E-state index in [1.165, 1.54) is 5.56 Å². The number of nitrogens with one attached hydrogen (secondary N) is 1. The molecule has 1 atom stereocenters. The van der Waals surface area contributed by atoms with Crippen molar-refractivity contribution in [1.29, 1.82) is 0 Å². The van der Waals surface area contributed by atoms with Crippen molar-refractivity contribution in [3.63, 3.8) is 0 Å². The van der Waals surface area contributed by atoms with E-state index in [-0.39, 0.29) is 5.54 Å². The molecule has 1 unspecified atom stereocenters. The summed E-state index contributed by atoms with van der Waals surface area (Å²) < 4.78 is 8.65. The zero-order chi connectivity index (χ0) is 15.6. The predicted molar refractivity (Wildman–Crippen MR) is 89.3 cm³/mol. The van der Waals surface area contributed by atoms with Gasteiger partial charge in [0, 0.05) is 11.3 Å². The van der Waals surface area contributed by atoms with Gasteiger partial charge in [-0.2, -0.15) is 0 Å². The summed E-state index contributed by atoms with van der Waals surface area (Å²) in [6.07, 6.45) is 0.338. The van der Waals surface area contributed by atoms with Crippen LogP contribution >= 0.6 is 12.0 Å². The Bertz CT molecular complexity index is 352. The van der Waals surface area contributed by atoms with Crippen molar-refractivity contribution in [2.24, 2.45) is 0 Å². The molecule has 0 aromatic heterocycles. The van der Waals surface area contributed by atoms with Gasteiger partial charge in [0.1, 0.15) is 0 Å². The van der Waals surface area contributed by atoms with Gasteiger partial charge in [-0.1, -0.05) is 43.7 Å². The van der Waals surface area contributed by atoms with E-state index in [0.29, 0.717) is 5.75 Å². The Balaban J connectivity index is 0.00000172. The highest BCUT2D eigenvalue weighted by Gasteiger charge is 2.28. The van der Waals surface area contributed by atoms with Gasteiger partial charge < -0.3 is 15.0 Å². The van der Waals surface area contributed by atoms with Crippen LogP contribution in [0.1, 0.15) is 51.3 Å². The molecular formula is C16H29NO2S. The van der Waals surface area contributed by atoms with Crippen LogP contribution in [0.3, 0.4) is 0 Å². The van der Waals surface area contributed by atoms with Gasteiger partial charge in [-0.3, -0.25) is 0 Å². The fraction of sp³-hybridized carbons (Fsp3) is 0.625. The summed E-state index contributed by atoms with van der Waals surface area (Å²) in [6, 6.07) is 7.95. The second-order valence-electron chi connectivity index (χ2n) is 5.15. The van der Waals surface area contributed by atoms with E-state index in [0.717, 1.165) is 30.6 Å². The lowest BCUT2D eigenvalue weighted by atomic mass is 9.91. The molecule has 0 bridgehead atoms. The Hall–Kier alpha value is -0.550. The average Bonchev–Trinajstić information content (AvgIpc) is 2.46. The fourth-order valence-electron chi connectivity index (χ4n) is 1.81. The lowest BCUT2D eigenvalue weighted by Crippen LogP contribution is -2.45. The molecule has 0 heterocycles. The Labute approximate surface area is 128 Å². The summed E-state index contributed by atoms with van der Waals surface area (Å²) in [4.78, 5) is 0. The van der Waals surface area contributed by atoms with Crippen LogP contribution in [0, 0.1) is 6.92 Å². The molecule has 0 radical (unpaired) electrons. The molecule has 3 N–H and O–H groups in total. The SMILES string of the molecule is CC.Cc1ccc(C(O)C(C)(C)NCCCSO)cc1. The van der Waals surface area contributed by atoms with Crippen molar-refractivity contribution < 1.29 is 9.66 Å². The zero-order valence-electron chi connectivity index (χ0n) is 13.3. The first kappa shape index (κ1) is 19.4. The molecule has 1 rings (SSSR count). The Kier molecular flexibility index (Phi) is 9.94. The lowest BCUT2D eigenvalue weighted by Gasteiger charge is -2.32. The van der Waals surface area contributed by atoms with Gasteiger partial charge in [0.25, 0.3) is 0 Å². The van der Waals surface area contributed by atoms with Crippen molar-refractivity contribution in [2.45, 2.75) is 52.7 Å². The summed E-state index contributed by atoms with van der Waals surface area (Å²) in [5.74, 6) is 0.712. The van der Waals surface area contributed by atoms with Crippen molar-refractivity contribution in [2.75, 3.05) is 12.3 Å². The van der Waals surface area contributed by atoms with E-state index in [2.05, 4.69) is 5.32 Å². The minimum Gasteiger partial charge on any atom is -0.387 e. The lowest BCUT2D eigenvalue weighted by molar-refractivity contribution is 0.0806. The van der Waals surface area contributed by atoms with Crippen LogP contribution in [0.2, 0.25) is 0 Å². The molecule has 0 saturated carbocycles. The third-order valence-electron chi connectivity index (χ3n) is 3.07. The second-order valence-corrected chi connectivity index (χ2v) is 5.81. The summed E-state index contributed by atoms with van der Waals surface area (Å²) in [7, 11) is 0. The molecule has 3 nitrogen and oxygen atoms in total. The molecule has 0 spiro atoms. The number of aliphatic hydroxyl groups is 1. The highest BCUT2D eigenvalue weighted by molar-refractivity contribution is 7.93. The molecular weight excluding hydrogens is 270 g/mol. The van der Waals surface area contributed by atoms with E-state index in [4.69, 9.17) is 4.55 Å². The van der Waals surface area contributed by atoms with Crippen LogP contribution in [0.5, 0.6) is 0 Å². The van der Waals surface area contributed by atoms with Gasteiger partial charge in [0.2, 0.25) is 0 Å².